The maximum Gasteiger partial charge on any atom is 0.200 e. The summed E-state index contributed by atoms with van der Waals surface area (Å²) in [5.74, 6) is 0.890. The molecule has 1 heterocycles. The highest BCUT2D eigenvalue weighted by atomic mass is 16.5. The topological polar surface area (TPSA) is 24.8 Å². The molecule has 3 nitrogen and oxygen atoms in total. The maximum absolute atomic E-state index is 5.37. The first kappa shape index (κ1) is 8.53. The largest absolute Gasteiger partial charge is 0.480 e. The average molecular weight is 156 g/mol. The zero-order chi connectivity index (χ0) is 8.27. The van der Waals surface area contributed by atoms with Gasteiger partial charge in [0, 0.05) is 6.54 Å². The molecule has 0 aromatic carbocycles. The van der Waals surface area contributed by atoms with Gasteiger partial charge in [-0.25, -0.2) is 0 Å². The maximum atomic E-state index is 5.37. The lowest BCUT2D eigenvalue weighted by Crippen LogP contribution is -2.42. The zero-order valence-electron chi connectivity index (χ0n) is 7.50. The minimum atomic E-state index is 0.351. The molecule has 1 atom stereocenters. The molecule has 0 radical (unpaired) electrons. The van der Waals surface area contributed by atoms with Crippen LogP contribution in [-0.4, -0.2) is 43.6 Å². The summed E-state index contributed by atoms with van der Waals surface area (Å²) in [6, 6.07) is 0.351. The molecule has 0 amide bonds. The fraction of sp³-hybridized carbons (Fsp3) is 0.875. The molecule has 0 N–H and O–H groups in total. The summed E-state index contributed by atoms with van der Waals surface area (Å²) in [7, 11) is 2.10. The monoisotopic (exact) mass is 156 g/mol. The number of hydrogen-bond acceptors (Lipinski definition) is 3. The summed E-state index contributed by atoms with van der Waals surface area (Å²) in [5.41, 5.74) is 0. The molecule has 0 aromatic heterocycles. The van der Waals surface area contributed by atoms with Crippen LogP contribution in [0.15, 0.2) is 4.99 Å². The van der Waals surface area contributed by atoms with Crippen LogP contribution in [0.5, 0.6) is 0 Å². The van der Waals surface area contributed by atoms with Gasteiger partial charge in [0.15, 0.2) is 0 Å². The van der Waals surface area contributed by atoms with E-state index < -0.39 is 0 Å². The van der Waals surface area contributed by atoms with E-state index in [9.17, 15) is 0 Å². The van der Waals surface area contributed by atoms with Crippen molar-refractivity contribution in [3.05, 3.63) is 0 Å². The number of aliphatic imine (C=N–C) groups is 1. The van der Waals surface area contributed by atoms with Crippen LogP contribution in [0.2, 0.25) is 0 Å². The van der Waals surface area contributed by atoms with Gasteiger partial charge in [0.2, 0.25) is 5.90 Å². The molecule has 64 valence electrons. The van der Waals surface area contributed by atoms with E-state index >= 15 is 0 Å². The van der Waals surface area contributed by atoms with Crippen LogP contribution in [0.25, 0.3) is 0 Å². The van der Waals surface area contributed by atoms with Crippen molar-refractivity contribution in [2.75, 3.05) is 26.7 Å². The Morgan fingerprint density at radius 3 is 3.09 bits per heavy atom. The Balaban J connectivity index is 2.54. The molecule has 0 saturated heterocycles. The fourth-order valence-corrected chi connectivity index (χ4v) is 1.15. The summed E-state index contributed by atoms with van der Waals surface area (Å²) < 4.78 is 5.37. The lowest BCUT2D eigenvalue weighted by molar-refractivity contribution is 0.231. The average Bonchev–Trinajstić information content (AvgIpc) is 1.99. The van der Waals surface area contributed by atoms with Crippen molar-refractivity contribution in [1.82, 2.24) is 4.90 Å². The van der Waals surface area contributed by atoms with Crippen LogP contribution in [0.1, 0.15) is 13.8 Å². The lowest BCUT2D eigenvalue weighted by Gasteiger charge is -2.28. The van der Waals surface area contributed by atoms with E-state index in [1.165, 1.54) is 0 Å². The number of hydrogen-bond donors (Lipinski definition) is 0. The second-order valence-corrected chi connectivity index (χ2v) is 2.81. The standard InChI is InChI=1S/C8H16N2O/c1-4-11-8-7(2)10(3)6-5-9-8/h7H,4-6H2,1-3H3. The van der Waals surface area contributed by atoms with Crippen LogP contribution in [0.3, 0.4) is 0 Å². The molecule has 0 spiro atoms. The minimum Gasteiger partial charge on any atom is -0.480 e. The summed E-state index contributed by atoms with van der Waals surface area (Å²) in [5, 5.41) is 0. The molecule has 3 heteroatoms. The third-order valence-corrected chi connectivity index (χ3v) is 2.03. The van der Waals surface area contributed by atoms with E-state index in [1.807, 2.05) is 6.92 Å². The molecule has 0 bridgehead atoms. The predicted molar refractivity (Wildman–Crippen MR) is 46.0 cm³/mol. The number of ether oxygens (including phenoxy) is 1. The first-order chi connectivity index (χ1) is 5.25. The summed E-state index contributed by atoms with van der Waals surface area (Å²) >= 11 is 0. The molecular weight excluding hydrogens is 140 g/mol. The Kier molecular flexibility index (Phi) is 2.88. The van der Waals surface area contributed by atoms with Crippen molar-refractivity contribution in [3.63, 3.8) is 0 Å². The number of nitrogens with zero attached hydrogens (tertiary/aromatic N) is 2. The number of likely N-dealkylation sites (N-methyl/N-ethyl adjacent to an activating group) is 1. The highest BCUT2D eigenvalue weighted by Crippen LogP contribution is 2.05. The summed E-state index contributed by atoms with van der Waals surface area (Å²) in [4.78, 5) is 6.55. The van der Waals surface area contributed by atoms with Crippen LogP contribution in [0, 0.1) is 0 Å². The quantitative estimate of drug-likeness (QED) is 0.560. The fourth-order valence-electron chi connectivity index (χ4n) is 1.15. The molecule has 0 aliphatic carbocycles. The SMILES string of the molecule is CCOC1=NCCN(C)C1C. The molecule has 0 fully saturated rings. The van der Waals surface area contributed by atoms with Crippen molar-refractivity contribution in [2.24, 2.45) is 4.99 Å². The predicted octanol–water partition coefficient (Wildman–Crippen LogP) is 0.755. The second kappa shape index (κ2) is 3.72. The van der Waals surface area contributed by atoms with Crippen molar-refractivity contribution in [1.29, 1.82) is 0 Å². The van der Waals surface area contributed by atoms with Gasteiger partial charge in [-0.05, 0) is 20.9 Å². The van der Waals surface area contributed by atoms with Gasteiger partial charge < -0.3 is 4.74 Å². The van der Waals surface area contributed by atoms with Crippen molar-refractivity contribution in [3.8, 4) is 0 Å². The zero-order valence-corrected chi connectivity index (χ0v) is 7.50. The van der Waals surface area contributed by atoms with Gasteiger partial charge in [0.25, 0.3) is 0 Å². The Morgan fingerprint density at radius 2 is 2.45 bits per heavy atom. The first-order valence-corrected chi connectivity index (χ1v) is 4.13. The van der Waals surface area contributed by atoms with E-state index in [4.69, 9.17) is 4.74 Å². The van der Waals surface area contributed by atoms with Crippen LogP contribution in [0.4, 0.5) is 0 Å². The van der Waals surface area contributed by atoms with Gasteiger partial charge in [0.05, 0.1) is 19.2 Å². The van der Waals surface area contributed by atoms with Crippen molar-refractivity contribution < 1.29 is 4.74 Å². The Morgan fingerprint density at radius 1 is 1.73 bits per heavy atom. The first-order valence-electron chi connectivity index (χ1n) is 4.13. The van der Waals surface area contributed by atoms with E-state index in [0.29, 0.717) is 6.04 Å². The van der Waals surface area contributed by atoms with Gasteiger partial charge in [-0.1, -0.05) is 0 Å². The highest BCUT2D eigenvalue weighted by Gasteiger charge is 2.19. The molecule has 1 unspecified atom stereocenters. The van der Waals surface area contributed by atoms with Crippen LogP contribution in [-0.2, 0) is 4.74 Å². The van der Waals surface area contributed by atoms with Gasteiger partial charge in [-0.3, -0.25) is 9.89 Å². The molecule has 1 aliphatic rings. The van der Waals surface area contributed by atoms with Crippen molar-refractivity contribution >= 4 is 5.90 Å². The molecule has 0 saturated carbocycles. The molecule has 1 rings (SSSR count). The molecule has 1 aliphatic heterocycles. The molecular formula is C8H16N2O. The highest BCUT2D eigenvalue weighted by molar-refractivity contribution is 5.81. The van der Waals surface area contributed by atoms with Crippen LogP contribution >= 0.6 is 0 Å². The Hall–Kier alpha value is -0.570. The van der Waals surface area contributed by atoms with E-state index in [1.54, 1.807) is 0 Å². The normalized spacial score (nSPS) is 26.5. The third-order valence-electron chi connectivity index (χ3n) is 2.03. The van der Waals surface area contributed by atoms with E-state index in [-0.39, 0.29) is 0 Å². The molecule has 11 heavy (non-hydrogen) atoms. The summed E-state index contributed by atoms with van der Waals surface area (Å²) in [6.45, 7) is 6.74. The van der Waals surface area contributed by atoms with E-state index in [2.05, 4.69) is 23.9 Å². The van der Waals surface area contributed by atoms with E-state index in [0.717, 1.165) is 25.6 Å². The van der Waals surface area contributed by atoms with Crippen molar-refractivity contribution in [2.45, 2.75) is 19.9 Å². The second-order valence-electron chi connectivity index (χ2n) is 2.81. The Bertz CT molecular complexity index is 156. The van der Waals surface area contributed by atoms with Gasteiger partial charge >= 0.3 is 0 Å². The third kappa shape index (κ3) is 1.93. The smallest absolute Gasteiger partial charge is 0.200 e. The number of rotatable bonds is 1. The van der Waals surface area contributed by atoms with Gasteiger partial charge in [0.1, 0.15) is 0 Å². The minimum absolute atomic E-state index is 0.351. The lowest BCUT2D eigenvalue weighted by atomic mass is 10.2. The summed E-state index contributed by atoms with van der Waals surface area (Å²) in [6.07, 6.45) is 0. The molecule has 0 aromatic rings. The van der Waals surface area contributed by atoms with Gasteiger partial charge in [-0.2, -0.15) is 0 Å². The Labute approximate surface area is 68.1 Å². The van der Waals surface area contributed by atoms with Gasteiger partial charge in [-0.15, -0.1) is 0 Å². The van der Waals surface area contributed by atoms with Crippen LogP contribution < -0.4 is 0 Å².